The number of fused-ring (bicyclic) bond motifs is 1. The van der Waals surface area contributed by atoms with Gasteiger partial charge in [0.1, 0.15) is 5.82 Å². The number of nitrogens with two attached hydrogens (primary N) is 1. The van der Waals surface area contributed by atoms with Crippen molar-refractivity contribution >= 4 is 30.0 Å². The highest BCUT2D eigenvalue weighted by molar-refractivity contribution is 6.01. The smallest absolute Gasteiger partial charge is 0.271 e. The number of nitrogens with zero attached hydrogens (tertiary/aromatic N) is 1. The van der Waals surface area contributed by atoms with Gasteiger partial charge in [-0.15, -0.1) is 12.4 Å². The van der Waals surface area contributed by atoms with E-state index < -0.39 is 29.3 Å². The van der Waals surface area contributed by atoms with E-state index in [1.807, 2.05) is 0 Å². The Hall–Kier alpha value is -1.93. The first-order valence-corrected chi connectivity index (χ1v) is 5.69. The second kappa shape index (κ2) is 4.88. The van der Waals surface area contributed by atoms with Gasteiger partial charge in [0, 0.05) is 19.0 Å². The van der Waals surface area contributed by atoms with Gasteiger partial charge in [0.2, 0.25) is 11.5 Å². The van der Waals surface area contributed by atoms with Gasteiger partial charge in [-0.1, -0.05) is 0 Å². The molecule has 1 aromatic heterocycles. The molecule has 108 valence electrons. The Morgan fingerprint density at radius 2 is 2.35 bits per heavy atom. The SMILES string of the molecule is Cl.NC(=O)[C@@H]1C[C@]2(CN1)Oc1cc(F)cnc1NC2=O. The molecule has 2 aliphatic rings. The van der Waals surface area contributed by atoms with Gasteiger partial charge < -0.3 is 21.1 Å². The summed E-state index contributed by atoms with van der Waals surface area (Å²) in [6.07, 6.45) is 1.09. The standard InChI is InChI=1S/C11H11FN4O3.ClH/c12-5-1-7-9(14-3-5)16-10(18)11(19-7)2-6(8(13)17)15-4-11;/h1,3,6,15H,2,4H2,(H2,13,17)(H,14,16,18);1H/t6-,11+;/m0./s1. The van der Waals surface area contributed by atoms with Gasteiger partial charge >= 0.3 is 0 Å². The summed E-state index contributed by atoms with van der Waals surface area (Å²) < 4.78 is 18.7. The maximum absolute atomic E-state index is 13.1. The Kier molecular flexibility index (Phi) is 3.53. The van der Waals surface area contributed by atoms with Crippen LogP contribution >= 0.6 is 12.4 Å². The lowest BCUT2D eigenvalue weighted by molar-refractivity contribution is -0.131. The van der Waals surface area contributed by atoms with Crippen LogP contribution in [-0.2, 0) is 9.59 Å². The molecule has 0 radical (unpaired) electrons. The van der Waals surface area contributed by atoms with E-state index >= 15 is 0 Å². The zero-order chi connectivity index (χ0) is 13.6. The Morgan fingerprint density at radius 1 is 1.60 bits per heavy atom. The van der Waals surface area contributed by atoms with Gasteiger partial charge in [-0.05, 0) is 0 Å². The molecule has 7 nitrogen and oxygen atoms in total. The van der Waals surface area contributed by atoms with Crippen molar-refractivity contribution in [1.82, 2.24) is 10.3 Å². The Labute approximate surface area is 119 Å². The second-order valence-electron chi connectivity index (χ2n) is 4.59. The lowest BCUT2D eigenvalue weighted by Crippen LogP contribution is -2.52. The van der Waals surface area contributed by atoms with E-state index in [4.69, 9.17) is 10.5 Å². The number of carbonyl (C=O) groups excluding carboxylic acids is 2. The second-order valence-corrected chi connectivity index (χ2v) is 4.59. The Balaban J connectivity index is 0.00000147. The predicted molar refractivity (Wildman–Crippen MR) is 69.0 cm³/mol. The van der Waals surface area contributed by atoms with Crippen molar-refractivity contribution < 1.29 is 18.7 Å². The zero-order valence-electron chi connectivity index (χ0n) is 10.2. The van der Waals surface area contributed by atoms with Crippen molar-refractivity contribution in [2.24, 2.45) is 5.73 Å². The molecule has 9 heteroatoms. The van der Waals surface area contributed by atoms with Gasteiger partial charge in [-0.2, -0.15) is 0 Å². The van der Waals surface area contributed by atoms with Crippen LogP contribution in [0.15, 0.2) is 12.3 Å². The number of hydrogen-bond donors (Lipinski definition) is 3. The summed E-state index contributed by atoms with van der Waals surface area (Å²) in [6, 6.07) is 0.495. The summed E-state index contributed by atoms with van der Waals surface area (Å²) >= 11 is 0. The summed E-state index contributed by atoms with van der Waals surface area (Å²) in [6.45, 7) is 0.127. The highest BCUT2D eigenvalue weighted by Gasteiger charge is 2.51. The highest BCUT2D eigenvalue weighted by Crippen LogP contribution is 2.36. The minimum Gasteiger partial charge on any atom is -0.472 e. The first-order valence-electron chi connectivity index (χ1n) is 5.69. The van der Waals surface area contributed by atoms with Crippen molar-refractivity contribution in [2.45, 2.75) is 18.1 Å². The van der Waals surface area contributed by atoms with Crippen molar-refractivity contribution in [3.8, 4) is 5.75 Å². The monoisotopic (exact) mass is 302 g/mol. The summed E-state index contributed by atoms with van der Waals surface area (Å²) in [5.74, 6) is -1.24. The van der Waals surface area contributed by atoms with Crippen molar-refractivity contribution in [3.05, 3.63) is 18.1 Å². The molecule has 0 saturated carbocycles. The van der Waals surface area contributed by atoms with Gasteiger partial charge in [0.25, 0.3) is 5.91 Å². The molecule has 3 heterocycles. The minimum atomic E-state index is -1.25. The Morgan fingerprint density at radius 3 is 3.00 bits per heavy atom. The van der Waals surface area contributed by atoms with Crippen LogP contribution in [0.4, 0.5) is 10.2 Å². The van der Waals surface area contributed by atoms with E-state index in [0.717, 1.165) is 12.3 Å². The van der Waals surface area contributed by atoms with E-state index in [0.29, 0.717) is 0 Å². The number of hydrogen-bond acceptors (Lipinski definition) is 5. The molecule has 1 fully saturated rings. The van der Waals surface area contributed by atoms with E-state index in [9.17, 15) is 14.0 Å². The molecule has 2 atom stereocenters. The number of anilines is 1. The van der Waals surface area contributed by atoms with Crippen LogP contribution in [-0.4, -0.2) is 35.0 Å². The number of amides is 2. The lowest BCUT2D eigenvalue weighted by Gasteiger charge is -2.33. The number of ether oxygens (including phenoxy) is 1. The predicted octanol–water partition coefficient (Wildman–Crippen LogP) is -0.441. The molecular weight excluding hydrogens is 291 g/mol. The molecule has 0 aliphatic carbocycles. The van der Waals surface area contributed by atoms with Crippen LogP contribution in [0, 0.1) is 5.82 Å². The quantitative estimate of drug-likeness (QED) is 0.652. The van der Waals surface area contributed by atoms with Crippen molar-refractivity contribution in [3.63, 3.8) is 0 Å². The maximum atomic E-state index is 13.1. The lowest BCUT2D eigenvalue weighted by atomic mass is 9.97. The topological polar surface area (TPSA) is 106 Å². The largest absolute Gasteiger partial charge is 0.472 e. The van der Waals surface area contributed by atoms with Crippen LogP contribution in [0.1, 0.15) is 6.42 Å². The molecule has 1 spiro atoms. The number of carbonyl (C=O) groups is 2. The number of primary amides is 1. The van der Waals surface area contributed by atoms with E-state index in [1.54, 1.807) is 0 Å². The number of rotatable bonds is 1. The third-order valence-corrected chi connectivity index (χ3v) is 3.28. The molecular formula is C11H12ClFN4O3. The summed E-state index contributed by atoms with van der Waals surface area (Å²) in [7, 11) is 0. The molecule has 2 amide bonds. The fourth-order valence-electron chi connectivity index (χ4n) is 2.28. The molecule has 1 saturated heterocycles. The van der Waals surface area contributed by atoms with E-state index in [-0.39, 0.29) is 36.9 Å². The molecule has 4 N–H and O–H groups in total. The number of nitrogens with one attached hydrogen (secondary N) is 2. The normalized spacial score (nSPS) is 27.2. The first kappa shape index (κ1) is 14.5. The van der Waals surface area contributed by atoms with Crippen molar-refractivity contribution in [1.29, 1.82) is 0 Å². The van der Waals surface area contributed by atoms with Crippen LogP contribution < -0.4 is 21.1 Å². The Bertz CT molecular complexity index is 585. The third kappa shape index (κ3) is 2.16. The number of pyridine rings is 1. The molecule has 1 aromatic rings. The summed E-state index contributed by atoms with van der Waals surface area (Å²) in [5, 5.41) is 5.36. The number of aromatic nitrogens is 1. The molecule has 0 unspecified atom stereocenters. The number of halogens is 2. The summed E-state index contributed by atoms with van der Waals surface area (Å²) in [4.78, 5) is 26.9. The van der Waals surface area contributed by atoms with E-state index in [1.165, 1.54) is 0 Å². The first-order chi connectivity index (χ1) is 9.00. The molecule has 20 heavy (non-hydrogen) atoms. The van der Waals surface area contributed by atoms with Crippen LogP contribution in [0.3, 0.4) is 0 Å². The fraction of sp³-hybridized carbons (Fsp3) is 0.364. The summed E-state index contributed by atoms with van der Waals surface area (Å²) in [5.41, 5.74) is 3.94. The third-order valence-electron chi connectivity index (χ3n) is 3.28. The average Bonchev–Trinajstić information content (AvgIpc) is 2.77. The average molecular weight is 303 g/mol. The van der Waals surface area contributed by atoms with Crippen LogP contribution in [0.2, 0.25) is 0 Å². The molecule has 2 aliphatic heterocycles. The highest BCUT2D eigenvalue weighted by atomic mass is 35.5. The van der Waals surface area contributed by atoms with E-state index in [2.05, 4.69) is 15.6 Å². The zero-order valence-corrected chi connectivity index (χ0v) is 11.0. The van der Waals surface area contributed by atoms with Gasteiger partial charge in [-0.25, -0.2) is 9.37 Å². The molecule has 3 rings (SSSR count). The van der Waals surface area contributed by atoms with Crippen molar-refractivity contribution in [2.75, 3.05) is 11.9 Å². The van der Waals surface area contributed by atoms with Crippen LogP contribution in [0.25, 0.3) is 0 Å². The molecule has 0 aromatic carbocycles. The van der Waals surface area contributed by atoms with Gasteiger partial charge in [0.15, 0.2) is 11.6 Å². The van der Waals surface area contributed by atoms with Crippen LogP contribution in [0.5, 0.6) is 5.75 Å². The van der Waals surface area contributed by atoms with Gasteiger partial charge in [0.05, 0.1) is 12.2 Å². The fourth-order valence-corrected chi connectivity index (χ4v) is 2.28. The molecule has 0 bridgehead atoms. The van der Waals surface area contributed by atoms with Gasteiger partial charge in [-0.3, -0.25) is 9.59 Å². The minimum absolute atomic E-state index is 0. The maximum Gasteiger partial charge on any atom is 0.271 e.